The third kappa shape index (κ3) is 4.30. The largest absolute Gasteiger partial charge is 0.479 e. The monoisotopic (exact) mass is 340 g/mol. The van der Waals surface area contributed by atoms with E-state index in [1.807, 2.05) is 0 Å². The highest BCUT2D eigenvalue weighted by Gasteiger charge is 2.48. The van der Waals surface area contributed by atoms with Crippen molar-refractivity contribution in [3.8, 4) is 5.75 Å². The van der Waals surface area contributed by atoms with E-state index in [0.29, 0.717) is 18.6 Å². The fourth-order valence-corrected chi connectivity index (χ4v) is 2.34. The molecule has 8 nitrogen and oxygen atoms in total. The second-order valence-electron chi connectivity index (χ2n) is 5.70. The number of aliphatic hydroxyl groups is 3. The van der Waals surface area contributed by atoms with E-state index < -0.39 is 36.7 Å². The smallest absolute Gasteiger partial charge is 0.335 e. The van der Waals surface area contributed by atoms with Crippen LogP contribution in [-0.2, 0) is 20.7 Å². The van der Waals surface area contributed by atoms with Gasteiger partial charge in [-0.15, -0.1) is 0 Å². The van der Waals surface area contributed by atoms with Crippen molar-refractivity contribution >= 4 is 11.8 Å². The van der Waals surface area contributed by atoms with Crippen molar-refractivity contribution in [2.75, 3.05) is 0 Å². The summed E-state index contributed by atoms with van der Waals surface area (Å²) in [6.45, 7) is 1.51. The first-order valence-electron chi connectivity index (χ1n) is 7.47. The molecule has 0 bridgehead atoms. The number of carbonyl (C=O) groups is 2. The van der Waals surface area contributed by atoms with Crippen LogP contribution in [-0.4, -0.2) is 62.9 Å². The van der Waals surface area contributed by atoms with Gasteiger partial charge in [0.1, 0.15) is 29.8 Å². The molecule has 1 saturated heterocycles. The highest BCUT2D eigenvalue weighted by molar-refractivity contribution is 5.75. The molecule has 1 fully saturated rings. The summed E-state index contributed by atoms with van der Waals surface area (Å²) in [7, 11) is 0. The average Bonchev–Trinajstić information content (AvgIpc) is 2.54. The number of carboxylic acids is 1. The predicted molar refractivity (Wildman–Crippen MR) is 80.4 cm³/mol. The van der Waals surface area contributed by atoms with Gasteiger partial charge in [-0.05, 0) is 31.0 Å². The number of aliphatic carboxylic acids is 1. The molecule has 0 radical (unpaired) electrons. The third-order valence-corrected chi connectivity index (χ3v) is 3.75. The number of benzene rings is 1. The van der Waals surface area contributed by atoms with Gasteiger partial charge in [0.2, 0.25) is 6.29 Å². The van der Waals surface area contributed by atoms with Gasteiger partial charge in [-0.1, -0.05) is 12.1 Å². The number of ether oxygens (including phenoxy) is 2. The Morgan fingerprint density at radius 2 is 1.71 bits per heavy atom. The van der Waals surface area contributed by atoms with Crippen molar-refractivity contribution in [3.05, 3.63) is 29.8 Å². The van der Waals surface area contributed by atoms with Crippen LogP contribution in [0.5, 0.6) is 5.75 Å². The number of rotatable bonds is 6. The van der Waals surface area contributed by atoms with Gasteiger partial charge in [-0.25, -0.2) is 4.79 Å². The van der Waals surface area contributed by atoms with Gasteiger partial charge < -0.3 is 34.7 Å². The maximum Gasteiger partial charge on any atom is 0.335 e. The predicted octanol–water partition coefficient (Wildman–Crippen LogP) is -0.521. The Morgan fingerprint density at radius 3 is 2.25 bits per heavy atom. The molecular formula is C16H20O8. The zero-order valence-electron chi connectivity index (χ0n) is 13.0. The fraction of sp³-hybridized carbons (Fsp3) is 0.500. The van der Waals surface area contributed by atoms with Gasteiger partial charge in [0.15, 0.2) is 6.10 Å². The van der Waals surface area contributed by atoms with Crippen molar-refractivity contribution in [2.45, 2.75) is 50.5 Å². The molecule has 24 heavy (non-hydrogen) atoms. The van der Waals surface area contributed by atoms with Crippen LogP contribution < -0.4 is 4.74 Å². The second-order valence-corrected chi connectivity index (χ2v) is 5.70. The molecule has 8 heteroatoms. The summed E-state index contributed by atoms with van der Waals surface area (Å²) >= 11 is 0. The number of Topliss-reactive ketones (excluding diaryl/α,β-unsaturated/α-hetero) is 1. The maximum atomic E-state index is 11.0. The third-order valence-electron chi connectivity index (χ3n) is 3.75. The molecule has 1 unspecified atom stereocenters. The van der Waals surface area contributed by atoms with Crippen molar-refractivity contribution in [3.63, 3.8) is 0 Å². The van der Waals surface area contributed by atoms with Crippen molar-refractivity contribution in [2.24, 2.45) is 0 Å². The highest BCUT2D eigenvalue weighted by atomic mass is 16.7. The number of ketones is 1. The van der Waals surface area contributed by atoms with E-state index in [-0.39, 0.29) is 5.78 Å². The number of hydrogen-bond donors (Lipinski definition) is 4. The molecule has 2 rings (SSSR count). The van der Waals surface area contributed by atoms with Crippen LogP contribution >= 0.6 is 0 Å². The number of carboxylic acid groups (broad SMARTS) is 1. The summed E-state index contributed by atoms with van der Waals surface area (Å²) in [6, 6.07) is 6.62. The van der Waals surface area contributed by atoms with E-state index >= 15 is 0 Å². The normalized spacial score (nSPS) is 29.9. The zero-order valence-corrected chi connectivity index (χ0v) is 13.0. The van der Waals surface area contributed by atoms with Crippen LogP contribution in [0.2, 0.25) is 0 Å². The summed E-state index contributed by atoms with van der Waals surface area (Å²) < 4.78 is 10.4. The van der Waals surface area contributed by atoms with E-state index in [0.717, 1.165) is 5.56 Å². The summed E-state index contributed by atoms with van der Waals surface area (Å²) in [4.78, 5) is 22.0. The Bertz CT molecular complexity index is 584. The molecule has 5 atom stereocenters. The minimum absolute atomic E-state index is 0.0845. The summed E-state index contributed by atoms with van der Waals surface area (Å²) in [6.07, 6.45) is -7.20. The van der Waals surface area contributed by atoms with Gasteiger partial charge in [-0.2, -0.15) is 0 Å². The molecule has 0 aliphatic carbocycles. The lowest BCUT2D eigenvalue weighted by atomic mass is 9.99. The minimum atomic E-state index is -1.76. The Morgan fingerprint density at radius 1 is 1.08 bits per heavy atom. The molecule has 1 aromatic carbocycles. The summed E-state index contributed by atoms with van der Waals surface area (Å²) in [5, 5.41) is 38.2. The first-order valence-corrected chi connectivity index (χ1v) is 7.47. The Balaban J connectivity index is 2.03. The lowest BCUT2D eigenvalue weighted by molar-refractivity contribution is -0.271. The van der Waals surface area contributed by atoms with Gasteiger partial charge in [-0.3, -0.25) is 0 Å². The lowest BCUT2D eigenvalue weighted by Gasteiger charge is -2.38. The van der Waals surface area contributed by atoms with E-state index in [1.54, 1.807) is 24.3 Å². The highest BCUT2D eigenvalue weighted by Crippen LogP contribution is 2.25. The van der Waals surface area contributed by atoms with Crippen LogP contribution in [0, 0.1) is 0 Å². The van der Waals surface area contributed by atoms with Crippen molar-refractivity contribution in [1.82, 2.24) is 0 Å². The quantitative estimate of drug-likeness (QED) is 0.543. The molecule has 0 saturated carbocycles. The summed E-state index contributed by atoms with van der Waals surface area (Å²) in [5.41, 5.74) is 0.918. The molecular weight excluding hydrogens is 320 g/mol. The molecule has 1 aliphatic rings. The maximum absolute atomic E-state index is 11.0. The molecule has 0 aromatic heterocycles. The second kappa shape index (κ2) is 7.71. The zero-order chi connectivity index (χ0) is 17.9. The van der Waals surface area contributed by atoms with Gasteiger partial charge in [0.05, 0.1) is 0 Å². The van der Waals surface area contributed by atoms with Crippen LogP contribution in [0.3, 0.4) is 0 Å². The summed E-state index contributed by atoms with van der Waals surface area (Å²) in [5.74, 6) is -1.10. The Labute approximate surface area is 138 Å². The molecule has 4 N–H and O–H groups in total. The number of aliphatic hydroxyl groups excluding tert-OH is 3. The topological polar surface area (TPSA) is 134 Å². The number of hydrogen-bond acceptors (Lipinski definition) is 7. The van der Waals surface area contributed by atoms with Crippen LogP contribution in [0.15, 0.2) is 24.3 Å². The molecule has 0 amide bonds. The first kappa shape index (κ1) is 18.3. The van der Waals surface area contributed by atoms with Crippen molar-refractivity contribution in [1.29, 1.82) is 0 Å². The minimum Gasteiger partial charge on any atom is -0.479 e. The van der Waals surface area contributed by atoms with E-state index in [9.17, 15) is 24.9 Å². The van der Waals surface area contributed by atoms with Crippen LogP contribution in [0.25, 0.3) is 0 Å². The number of aryl methyl sites for hydroxylation is 1. The molecule has 1 heterocycles. The van der Waals surface area contributed by atoms with Crippen LogP contribution in [0.1, 0.15) is 18.9 Å². The molecule has 0 spiro atoms. The van der Waals surface area contributed by atoms with E-state index in [4.69, 9.17) is 14.6 Å². The Kier molecular flexibility index (Phi) is 5.89. The van der Waals surface area contributed by atoms with Crippen molar-refractivity contribution < 1.29 is 39.5 Å². The van der Waals surface area contributed by atoms with E-state index in [2.05, 4.69) is 0 Å². The van der Waals surface area contributed by atoms with Gasteiger partial charge >= 0.3 is 5.97 Å². The average molecular weight is 340 g/mol. The SMILES string of the molecule is CC(=O)CCc1ccc(OC2O[C@H](C(=O)O)[C@@H](O)[C@H](O)[C@H]2O)cc1. The number of carbonyl (C=O) groups excluding carboxylic acids is 1. The molecule has 1 aromatic rings. The standard InChI is InChI=1S/C16H20O8/c1-8(17)2-3-9-4-6-10(7-5-9)23-16-13(20)11(18)12(19)14(24-16)15(21)22/h4-7,11-14,16,18-20H,2-3H2,1H3,(H,21,22)/t11-,12-,13+,14-,16?/m0/s1. The van der Waals surface area contributed by atoms with Gasteiger partial charge in [0, 0.05) is 6.42 Å². The van der Waals surface area contributed by atoms with E-state index in [1.165, 1.54) is 6.92 Å². The Hall–Kier alpha value is -2.00. The van der Waals surface area contributed by atoms with Gasteiger partial charge in [0.25, 0.3) is 0 Å². The first-order chi connectivity index (χ1) is 11.3. The fourth-order valence-electron chi connectivity index (χ4n) is 2.34. The lowest BCUT2D eigenvalue weighted by Crippen LogP contribution is -2.61. The molecule has 1 aliphatic heterocycles. The molecule has 132 valence electrons. The van der Waals surface area contributed by atoms with Crippen LogP contribution in [0.4, 0.5) is 0 Å².